The molecule has 7 nitrogen and oxygen atoms in total. The number of ether oxygens (including phenoxy) is 1. The van der Waals surface area contributed by atoms with E-state index in [-0.39, 0.29) is 12.5 Å². The van der Waals surface area contributed by atoms with Gasteiger partial charge in [0.15, 0.2) is 0 Å². The van der Waals surface area contributed by atoms with Crippen molar-refractivity contribution < 1.29 is 19.1 Å². The summed E-state index contributed by atoms with van der Waals surface area (Å²) in [5.74, 6) is -0.0107. The number of hydrogen-bond acceptors (Lipinski definition) is 4. The number of carbonyl (C=O) groups excluding carboxylic acids is 2. The summed E-state index contributed by atoms with van der Waals surface area (Å²) in [4.78, 5) is 39.4. The van der Waals surface area contributed by atoms with E-state index in [1.165, 1.54) is 5.56 Å². The SMILES string of the molecule is CC(C)(C)OC(=O)NCc1cccc(C2CCN(C(=O)C3C[N+](=O)c4cc(Br)ccc43)CC2)c1. The Bertz CT molecular complexity index is 1100. The lowest BCUT2D eigenvalue weighted by molar-refractivity contribution is -0.453. The standard InChI is InChI=1S/C26H30BrN3O4/c1-26(2,3)34-25(32)28-15-17-5-4-6-19(13-17)18-9-11-29(12-10-18)24(31)22-16-30(33)23-14-20(27)7-8-21(22)23/h4-8,13-14,18,22H,9-12,15-16H2,1-3H3/p+1. The molecule has 2 aliphatic heterocycles. The fourth-order valence-electron chi connectivity index (χ4n) is 4.70. The summed E-state index contributed by atoms with van der Waals surface area (Å²) in [7, 11) is 0. The molecule has 180 valence electrons. The lowest BCUT2D eigenvalue weighted by atomic mass is 9.88. The Labute approximate surface area is 208 Å². The van der Waals surface area contributed by atoms with Gasteiger partial charge in [-0.15, -0.1) is 0 Å². The Balaban J connectivity index is 1.34. The maximum absolute atomic E-state index is 13.2. The first-order valence-corrected chi connectivity index (χ1v) is 12.5. The quantitative estimate of drug-likeness (QED) is 0.539. The normalized spacial score (nSPS) is 18.5. The number of nitrogens with zero attached hydrogens (tertiary/aromatic N) is 2. The molecule has 2 amide bonds. The Kier molecular flexibility index (Phi) is 7.07. The summed E-state index contributed by atoms with van der Waals surface area (Å²) in [5.41, 5.74) is 3.11. The molecule has 4 rings (SSSR count). The average Bonchev–Trinajstić information content (AvgIpc) is 3.12. The van der Waals surface area contributed by atoms with Gasteiger partial charge in [0.05, 0.1) is 0 Å². The second-order valence-electron chi connectivity index (χ2n) is 10.0. The van der Waals surface area contributed by atoms with E-state index in [1.54, 1.807) is 6.07 Å². The number of rotatable bonds is 4. The van der Waals surface area contributed by atoms with Crippen molar-refractivity contribution in [3.8, 4) is 0 Å². The summed E-state index contributed by atoms with van der Waals surface area (Å²) in [5, 5.41) is 2.81. The van der Waals surface area contributed by atoms with Crippen molar-refractivity contribution >= 4 is 33.6 Å². The molecule has 2 aromatic rings. The second-order valence-corrected chi connectivity index (χ2v) is 10.9. The second kappa shape index (κ2) is 9.86. The third-order valence-electron chi connectivity index (χ3n) is 6.35. The number of amides is 2. The van der Waals surface area contributed by atoms with Gasteiger partial charge in [0.2, 0.25) is 12.5 Å². The molecule has 0 saturated carbocycles. The van der Waals surface area contributed by atoms with Crippen LogP contribution in [0.4, 0.5) is 10.5 Å². The lowest BCUT2D eigenvalue weighted by Crippen LogP contribution is -2.41. The third kappa shape index (κ3) is 5.66. The van der Waals surface area contributed by atoms with Crippen molar-refractivity contribution in [2.24, 2.45) is 0 Å². The number of fused-ring (bicyclic) bond motifs is 1. The van der Waals surface area contributed by atoms with Crippen molar-refractivity contribution in [1.29, 1.82) is 0 Å². The topological polar surface area (TPSA) is 78.7 Å². The third-order valence-corrected chi connectivity index (χ3v) is 6.84. The predicted molar refractivity (Wildman–Crippen MR) is 133 cm³/mol. The number of alkyl carbamates (subject to hydrolysis) is 1. The highest BCUT2D eigenvalue weighted by molar-refractivity contribution is 9.10. The zero-order valence-corrected chi connectivity index (χ0v) is 21.4. The molecule has 0 spiro atoms. The van der Waals surface area contributed by atoms with Gasteiger partial charge < -0.3 is 15.0 Å². The molecule has 1 unspecified atom stereocenters. The van der Waals surface area contributed by atoms with Gasteiger partial charge >= 0.3 is 6.09 Å². The molecule has 0 aliphatic carbocycles. The van der Waals surface area contributed by atoms with Gasteiger partial charge in [0.1, 0.15) is 11.5 Å². The summed E-state index contributed by atoms with van der Waals surface area (Å²) >= 11 is 3.40. The van der Waals surface area contributed by atoms with Crippen molar-refractivity contribution in [2.75, 3.05) is 19.6 Å². The molecule has 2 aliphatic rings. The molecular formula is C26H31BrN3O4+. The first kappa shape index (κ1) is 24.4. The molecule has 1 fully saturated rings. The molecule has 0 bridgehead atoms. The monoisotopic (exact) mass is 528 g/mol. The molecule has 1 saturated heterocycles. The van der Waals surface area contributed by atoms with Crippen LogP contribution in [0, 0.1) is 4.91 Å². The largest absolute Gasteiger partial charge is 0.444 e. The Morgan fingerprint density at radius 3 is 2.59 bits per heavy atom. The van der Waals surface area contributed by atoms with Gasteiger partial charge in [-0.25, -0.2) is 4.79 Å². The minimum absolute atomic E-state index is 0.0377. The van der Waals surface area contributed by atoms with Gasteiger partial charge in [-0.3, -0.25) is 4.79 Å². The maximum Gasteiger partial charge on any atom is 0.407 e. The van der Waals surface area contributed by atoms with Crippen LogP contribution >= 0.6 is 15.9 Å². The van der Waals surface area contributed by atoms with E-state index < -0.39 is 17.6 Å². The predicted octanol–water partition coefficient (Wildman–Crippen LogP) is 5.39. The van der Waals surface area contributed by atoms with Gasteiger partial charge in [-0.1, -0.05) is 46.3 Å². The van der Waals surface area contributed by atoms with Gasteiger partial charge in [-0.2, -0.15) is 0 Å². The van der Waals surface area contributed by atoms with E-state index in [0.29, 0.717) is 31.2 Å². The minimum atomic E-state index is -0.527. The van der Waals surface area contributed by atoms with Crippen LogP contribution in [0.3, 0.4) is 0 Å². The van der Waals surface area contributed by atoms with Crippen molar-refractivity contribution in [1.82, 2.24) is 10.2 Å². The van der Waals surface area contributed by atoms with E-state index in [9.17, 15) is 14.5 Å². The molecule has 1 N–H and O–H groups in total. The van der Waals surface area contributed by atoms with E-state index in [2.05, 4.69) is 33.4 Å². The van der Waals surface area contributed by atoms with Crippen LogP contribution in [0.5, 0.6) is 0 Å². The van der Waals surface area contributed by atoms with Crippen molar-refractivity contribution in [3.05, 3.63) is 68.5 Å². The molecule has 2 heterocycles. The first-order valence-electron chi connectivity index (χ1n) is 11.7. The minimum Gasteiger partial charge on any atom is -0.444 e. The van der Waals surface area contributed by atoms with Crippen LogP contribution in [0.2, 0.25) is 0 Å². The fraction of sp³-hybridized carbons (Fsp3) is 0.462. The van der Waals surface area contributed by atoms with Crippen LogP contribution < -0.4 is 5.32 Å². The Morgan fingerprint density at radius 2 is 1.88 bits per heavy atom. The number of benzene rings is 2. The van der Waals surface area contributed by atoms with Crippen molar-refractivity contribution in [3.63, 3.8) is 0 Å². The van der Waals surface area contributed by atoms with E-state index in [4.69, 9.17) is 4.74 Å². The van der Waals surface area contributed by atoms with Gasteiger partial charge in [-0.05, 0) is 56.7 Å². The lowest BCUT2D eigenvalue weighted by Gasteiger charge is -2.33. The number of nitrogens with one attached hydrogen (secondary N) is 1. The number of carbonyl (C=O) groups is 2. The molecule has 0 radical (unpaired) electrons. The van der Waals surface area contributed by atoms with Crippen LogP contribution in [0.1, 0.15) is 62.1 Å². The van der Waals surface area contributed by atoms with Crippen LogP contribution in [0.25, 0.3) is 0 Å². The van der Waals surface area contributed by atoms with Gasteiger partial charge in [0.25, 0.3) is 5.69 Å². The molecule has 2 aromatic carbocycles. The number of halogens is 1. The Morgan fingerprint density at radius 1 is 1.15 bits per heavy atom. The van der Waals surface area contributed by atoms with Crippen molar-refractivity contribution in [2.45, 2.75) is 57.6 Å². The van der Waals surface area contributed by atoms with Crippen LogP contribution in [0.15, 0.2) is 46.9 Å². The highest BCUT2D eigenvalue weighted by Gasteiger charge is 2.43. The van der Waals surface area contributed by atoms with E-state index >= 15 is 0 Å². The molecule has 0 aromatic heterocycles. The summed E-state index contributed by atoms with van der Waals surface area (Å²) in [6, 6.07) is 13.8. The number of likely N-dealkylation sites (tertiary alicyclic amines) is 1. The zero-order chi connectivity index (χ0) is 24.5. The molecule has 1 atom stereocenters. The number of nitroso groups, excluding NO2 is 1. The number of hydrogen-bond donors (Lipinski definition) is 1. The molecular weight excluding hydrogens is 498 g/mol. The van der Waals surface area contributed by atoms with E-state index in [0.717, 1.165) is 33.2 Å². The highest BCUT2D eigenvalue weighted by Crippen LogP contribution is 2.38. The smallest absolute Gasteiger partial charge is 0.407 e. The maximum atomic E-state index is 13.2. The summed E-state index contributed by atoms with van der Waals surface area (Å²) in [6.45, 7) is 7.44. The molecule has 34 heavy (non-hydrogen) atoms. The first-order chi connectivity index (χ1) is 16.1. The fourth-order valence-corrected chi connectivity index (χ4v) is 5.05. The summed E-state index contributed by atoms with van der Waals surface area (Å²) in [6.07, 6.45) is 1.31. The molecule has 8 heteroatoms. The van der Waals surface area contributed by atoms with E-state index in [1.807, 2.05) is 49.9 Å². The Hall–Kier alpha value is -2.74. The zero-order valence-electron chi connectivity index (χ0n) is 19.8. The average molecular weight is 529 g/mol. The number of piperidine rings is 1. The summed E-state index contributed by atoms with van der Waals surface area (Å²) < 4.78 is 7.06. The van der Waals surface area contributed by atoms with Crippen LogP contribution in [-0.2, 0) is 16.1 Å². The highest BCUT2D eigenvalue weighted by atomic mass is 79.9. The van der Waals surface area contributed by atoms with Gasteiger partial charge in [0, 0.05) is 45.4 Å². The van der Waals surface area contributed by atoms with Crippen LogP contribution in [-0.4, -0.2) is 46.9 Å².